The van der Waals surface area contributed by atoms with E-state index >= 15 is 0 Å². The first-order valence-electron chi connectivity index (χ1n) is 8.77. The SMILES string of the molecule is COC(=O)c1ccc(CN2CC[C@@H](c3ccccc3)[C@@H](NS(C)(=O)=O)C2)s1. The molecule has 1 N–H and O–H groups in total. The molecule has 0 saturated carbocycles. The fourth-order valence-electron chi connectivity index (χ4n) is 3.55. The minimum absolute atomic E-state index is 0.145. The van der Waals surface area contributed by atoms with E-state index in [9.17, 15) is 13.2 Å². The summed E-state index contributed by atoms with van der Waals surface area (Å²) >= 11 is 1.42. The third kappa shape index (κ3) is 5.38. The van der Waals surface area contributed by atoms with Gasteiger partial charge in [-0.15, -0.1) is 11.3 Å². The van der Waals surface area contributed by atoms with E-state index in [1.807, 2.05) is 24.3 Å². The molecule has 1 aromatic heterocycles. The normalized spacial score (nSPS) is 21.1. The Labute approximate surface area is 164 Å². The first-order valence-corrected chi connectivity index (χ1v) is 11.5. The Morgan fingerprint density at radius 3 is 2.67 bits per heavy atom. The number of likely N-dealkylation sites (tertiary alicyclic amines) is 1. The number of carbonyl (C=O) groups is 1. The van der Waals surface area contributed by atoms with Crippen molar-refractivity contribution < 1.29 is 17.9 Å². The molecule has 1 aliphatic rings. The highest BCUT2D eigenvalue weighted by Crippen LogP contribution is 2.30. The highest BCUT2D eigenvalue weighted by Gasteiger charge is 2.32. The number of rotatable bonds is 6. The molecule has 8 heteroatoms. The Balaban J connectivity index is 1.73. The second kappa shape index (κ2) is 8.52. The number of ether oxygens (including phenoxy) is 1. The molecule has 27 heavy (non-hydrogen) atoms. The molecule has 1 fully saturated rings. The van der Waals surface area contributed by atoms with E-state index in [-0.39, 0.29) is 17.9 Å². The van der Waals surface area contributed by atoms with Crippen LogP contribution in [0.2, 0.25) is 0 Å². The maximum atomic E-state index is 11.9. The second-order valence-electron chi connectivity index (χ2n) is 6.80. The smallest absolute Gasteiger partial charge is 0.348 e. The number of sulfonamides is 1. The van der Waals surface area contributed by atoms with Gasteiger partial charge < -0.3 is 4.74 Å². The third-order valence-corrected chi connectivity index (χ3v) is 6.50. The molecule has 2 aromatic rings. The lowest BCUT2D eigenvalue weighted by atomic mass is 9.86. The van der Waals surface area contributed by atoms with Gasteiger partial charge in [-0.25, -0.2) is 17.9 Å². The first-order chi connectivity index (χ1) is 12.9. The van der Waals surface area contributed by atoms with Crippen molar-refractivity contribution in [2.45, 2.75) is 24.9 Å². The summed E-state index contributed by atoms with van der Waals surface area (Å²) in [6, 6.07) is 13.6. The van der Waals surface area contributed by atoms with Gasteiger partial charge in [-0.2, -0.15) is 0 Å². The first kappa shape index (κ1) is 20.0. The van der Waals surface area contributed by atoms with E-state index in [2.05, 4.69) is 21.8 Å². The molecule has 146 valence electrons. The highest BCUT2D eigenvalue weighted by atomic mass is 32.2. The lowest BCUT2D eigenvalue weighted by Crippen LogP contribution is -2.51. The monoisotopic (exact) mass is 408 g/mol. The number of thiophene rings is 1. The number of nitrogens with one attached hydrogen (secondary N) is 1. The summed E-state index contributed by atoms with van der Waals surface area (Å²) in [5.41, 5.74) is 1.16. The topological polar surface area (TPSA) is 75.7 Å². The summed E-state index contributed by atoms with van der Waals surface area (Å²) in [7, 11) is -1.93. The van der Waals surface area contributed by atoms with Crippen LogP contribution in [-0.4, -0.2) is 51.8 Å². The molecule has 0 amide bonds. The summed E-state index contributed by atoms with van der Waals surface area (Å²) in [4.78, 5) is 15.5. The molecular formula is C19H24N2O4S2. The van der Waals surface area contributed by atoms with Crippen molar-refractivity contribution in [1.82, 2.24) is 9.62 Å². The van der Waals surface area contributed by atoms with Crippen molar-refractivity contribution in [3.05, 3.63) is 57.8 Å². The summed E-state index contributed by atoms with van der Waals surface area (Å²) in [5.74, 6) is -0.184. The lowest BCUT2D eigenvalue weighted by Gasteiger charge is -2.38. The molecule has 1 aliphatic heterocycles. The molecule has 1 saturated heterocycles. The zero-order valence-corrected chi connectivity index (χ0v) is 17.1. The van der Waals surface area contributed by atoms with Gasteiger partial charge in [0.15, 0.2) is 0 Å². The van der Waals surface area contributed by atoms with E-state index in [1.165, 1.54) is 24.7 Å². The van der Waals surface area contributed by atoms with Gasteiger partial charge >= 0.3 is 5.97 Å². The van der Waals surface area contributed by atoms with Crippen LogP contribution in [0.4, 0.5) is 0 Å². The predicted octanol–water partition coefficient (Wildman–Crippen LogP) is 2.44. The molecule has 0 radical (unpaired) electrons. The fraction of sp³-hybridized carbons (Fsp3) is 0.421. The number of piperidine rings is 1. The third-order valence-electron chi connectivity index (χ3n) is 4.72. The van der Waals surface area contributed by atoms with E-state index in [1.54, 1.807) is 6.07 Å². The Bertz CT molecular complexity index is 880. The van der Waals surface area contributed by atoms with Crippen LogP contribution in [0, 0.1) is 0 Å². The highest BCUT2D eigenvalue weighted by molar-refractivity contribution is 7.88. The van der Waals surface area contributed by atoms with Crippen LogP contribution in [0.5, 0.6) is 0 Å². The number of hydrogen-bond acceptors (Lipinski definition) is 6. The average Bonchev–Trinajstić information content (AvgIpc) is 3.09. The van der Waals surface area contributed by atoms with Crippen molar-refractivity contribution in [1.29, 1.82) is 0 Å². The van der Waals surface area contributed by atoms with Crippen molar-refractivity contribution in [3.8, 4) is 0 Å². The molecule has 2 heterocycles. The van der Waals surface area contributed by atoms with Gasteiger partial charge in [0, 0.05) is 29.9 Å². The molecule has 0 spiro atoms. The number of hydrogen-bond donors (Lipinski definition) is 1. The second-order valence-corrected chi connectivity index (χ2v) is 9.74. The van der Waals surface area contributed by atoms with Crippen LogP contribution in [0.3, 0.4) is 0 Å². The van der Waals surface area contributed by atoms with Crippen LogP contribution in [0.25, 0.3) is 0 Å². The van der Waals surface area contributed by atoms with Crippen LogP contribution < -0.4 is 4.72 Å². The maximum Gasteiger partial charge on any atom is 0.348 e. The van der Waals surface area contributed by atoms with E-state index < -0.39 is 10.0 Å². The molecule has 1 aromatic carbocycles. The van der Waals surface area contributed by atoms with Gasteiger partial charge in [0.1, 0.15) is 4.88 Å². The summed E-state index contributed by atoms with van der Waals surface area (Å²) in [6.45, 7) is 2.18. The molecule has 0 unspecified atom stereocenters. The molecule has 6 nitrogen and oxygen atoms in total. The zero-order valence-electron chi connectivity index (χ0n) is 15.4. The summed E-state index contributed by atoms with van der Waals surface area (Å²) < 4.78 is 31.3. The van der Waals surface area contributed by atoms with Gasteiger partial charge in [-0.3, -0.25) is 4.90 Å². The summed E-state index contributed by atoms with van der Waals surface area (Å²) in [5, 5.41) is 0. The van der Waals surface area contributed by atoms with Gasteiger partial charge in [-0.1, -0.05) is 30.3 Å². The zero-order chi connectivity index (χ0) is 19.4. The molecule has 0 aliphatic carbocycles. The number of benzene rings is 1. The number of esters is 1. The number of carbonyl (C=O) groups excluding carboxylic acids is 1. The maximum absolute atomic E-state index is 11.9. The molecular weight excluding hydrogens is 384 g/mol. The van der Waals surface area contributed by atoms with Crippen molar-refractivity contribution >= 4 is 27.3 Å². The molecule has 3 rings (SSSR count). The minimum atomic E-state index is -3.31. The molecule has 2 atom stereocenters. The Morgan fingerprint density at radius 1 is 1.26 bits per heavy atom. The lowest BCUT2D eigenvalue weighted by molar-refractivity contribution is 0.0606. The van der Waals surface area contributed by atoms with Gasteiger partial charge in [-0.05, 0) is 30.7 Å². The van der Waals surface area contributed by atoms with Crippen molar-refractivity contribution in [2.24, 2.45) is 0 Å². The average molecular weight is 409 g/mol. The largest absolute Gasteiger partial charge is 0.465 e. The van der Waals surface area contributed by atoms with E-state index in [0.29, 0.717) is 18.0 Å². The van der Waals surface area contributed by atoms with Crippen molar-refractivity contribution in [3.63, 3.8) is 0 Å². The van der Waals surface area contributed by atoms with Gasteiger partial charge in [0.25, 0.3) is 0 Å². The standard InChI is InChI=1S/C19H24N2O4S2/c1-25-19(22)18-9-8-15(26-18)12-21-11-10-16(14-6-4-3-5-7-14)17(13-21)20-27(2,23)24/h3-9,16-17,20H,10-13H2,1-2H3/t16-,17-/m0/s1. The minimum Gasteiger partial charge on any atom is -0.465 e. The van der Waals surface area contributed by atoms with Crippen LogP contribution >= 0.6 is 11.3 Å². The Morgan fingerprint density at radius 2 is 2.00 bits per heavy atom. The van der Waals surface area contributed by atoms with Crippen molar-refractivity contribution in [2.75, 3.05) is 26.5 Å². The predicted molar refractivity (Wildman–Crippen MR) is 107 cm³/mol. The van der Waals surface area contributed by atoms with Crippen LogP contribution in [-0.2, 0) is 21.3 Å². The fourth-order valence-corrected chi connectivity index (χ4v) is 5.31. The van der Waals surface area contributed by atoms with E-state index in [0.717, 1.165) is 23.4 Å². The Hall–Kier alpha value is -1.74. The van der Waals surface area contributed by atoms with Crippen LogP contribution in [0.15, 0.2) is 42.5 Å². The summed E-state index contributed by atoms with van der Waals surface area (Å²) in [6.07, 6.45) is 2.07. The van der Waals surface area contributed by atoms with Gasteiger partial charge in [0.05, 0.1) is 13.4 Å². The number of nitrogens with zero attached hydrogens (tertiary/aromatic N) is 1. The molecule has 0 bridgehead atoms. The van der Waals surface area contributed by atoms with Crippen LogP contribution in [0.1, 0.15) is 32.5 Å². The van der Waals surface area contributed by atoms with Gasteiger partial charge in [0.2, 0.25) is 10.0 Å². The quantitative estimate of drug-likeness (QED) is 0.743. The van der Waals surface area contributed by atoms with E-state index in [4.69, 9.17) is 4.74 Å². The number of methoxy groups -OCH3 is 1. The Kier molecular flexibility index (Phi) is 6.31.